The molecule has 2 aromatic heterocycles. The van der Waals surface area contributed by atoms with Crippen molar-refractivity contribution in [3.8, 4) is 0 Å². The maximum absolute atomic E-state index is 12.5. The Bertz CT molecular complexity index is 685. The lowest BCUT2D eigenvalue weighted by Crippen LogP contribution is -2.40. The fourth-order valence-corrected chi connectivity index (χ4v) is 3.04. The SMILES string of the molecule is CNc1nccnc1CC1CCCN(C(=O)c2coc(C)n2)C1. The third kappa shape index (κ3) is 3.49. The van der Waals surface area contributed by atoms with Crippen molar-refractivity contribution >= 4 is 11.7 Å². The number of aryl methyl sites for hydroxylation is 1. The van der Waals surface area contributed by atoms with E-state index in [1.807, 2.05) is 11.9 Å². The lowest BCUT2D eigenvalue weighted by Gasteiger charge is -2.32. The van der Waals surface area contributed by atoms with E-state index in [2.05, 4.69) is 20.3 Å². The van der Waals surface area contributed by atoms with E-state index >= 15 is 0 Å². The van der Waals surface area contributed by atoms with E-state index in [1.54, 1.807) is 19.3 Å². The molecule has 0 radical (unpaired) electrons. The molecule has 1 N–H and O–H groups in total. The summed E-state index contributed by atoms with van der Waals surface area (Å²) in [7, 11) is 1.84. The second kappa shape index (κ2) is 6.76. The molecular weight excluding hydrogens is 294 g/mol. The van der Waals surface area contributed by atoms with Gasteiger partial charge >= 0.3 is 0 Å². The summed E-state index contributed by atoms with van der Waals surface area (Å²) in [4.78, 5) is 27.2. The van der Waals surface area contributed by atoms with Gasteiger partial charge < -0.3 is 14.6 Å². The average Bonchev–Trinajstić information content (AvgIpc) is 3.01. The van der Waals surface area contributed by atoms with Crippen LogP contribution in [0.2, 0.25) is 0 Å². The molecule has 0 aliphatic carbocycles. The molecule has 1 atom stereocenters. The molecular formula is C16H21N5O2. The van der Waals surface area contributed by atoms with Crippen LogP contribution in [0.25, 0.3) is 0 Å². The predicted octanol–water partition coefficient (Wildman–Crippen LogP) is 1.91. The average molecular weight is 315 g/mol. The monoisotopic (exact) mass is 315 g/mol. The number of likely N-dealkylation sites (tertiary alicyclic amines) is 1. The molecule has 122 valence electrons. The van der Waals surface area contributed by atoms with Crippen LogP contribution < -0.4 is 5.32 Å². The van der Waals surface area contributed by atoms with Crippen molar-refractivity contribution < 1.29 is 9.21 Å². The van der Waals surface area contributed by atoms with Crippen LogP contribution in [0.4, 0.5) is 5.82 Å². The van der Waals surface area contributed by atoms with Crippen molar-refractivity contribution in [2.75, 3.05) is 25.5 Å². The fourth-order valence-electron chi connectivity index (χ4n) is 3.04. The molecule has 0 bridgehead atoms. The van der Waals surface area contributed by atoms with E-state index in [-0.39, 0.29) is 5.91 Å². The number of hydrogen-bond donors (Lipinski definition) is 1. The molecule has 7 nitrogen and oxygen atoms in total. The minimum atomic E-state index is -0.0560. The Morgan fingerprint density at radius 1 is 1.43 bits per heavy atom. The molecule has 0 spiro atoms. The fraction of sp³-hybridized carbons (Fsp3) is 0.500. The van der Waals surface area contributed by atoms with Crippen molar-refractivity contribution in [1.82, 2.24) is 19.9 Å². The van der Waals surface area contributed by atoms with Gasteiger partial charge in [0, 0.05) is 39.5 Å². The largest absolute Gasteiger partial charge is 0.448 e. The van der Waals surface area contributed by atoms with E-state index in [0.29, 0.717) is 24.0 Å². The Balaban J connectivity index is 1.67. The molecule has 7 heteroatoms. The van der Waals surface area contributed by atoms with Gasteiger partial charge in [-0.25, -0.2) is 9.97 Å². The summed E-state index contributed by atoms with van der Waals surface area (Å²) in [6.45, 7) is 3.22. The zero-order chi connectivity index (χ0) is 16.2. The third-order valence-electron chi connectivity index (χ3n) is 4.14. The molecule has 23 heavy (non-hydrogen) atoms. The summed E-state index contributed by atoms with van der Waals surface area (Å²) >= 11 is 0. The van der Waals surface area contributed by atoms with Gasteiger partial charge in [0.25, 0.3) is 5.91 Å². The number of anilines is 1. The summed E-state index contributed by atoms with van der Waals surface area (Å²) in [5, 5.41) is 3.07. The number of carbonyl (C=O) groups excluding carboxylic acids is 1. The van der Waals surface area contributed by atoms with E-state index in [4.69, 9.17) is 4.42 Å². The van der Waals surface area contributed by atoms with Crippen LogP contribution in [0.15, 0.2) is 23.1 Å². The first-order chi connectivity index (χ1) is 11.2. The number of nitrogens with one attached hydrogen (secondary N) is 1. The Labute approximate surface area is 135 Å². The summed E-state index contributed by atoms with van der Waals surface area (Å²) in [5.74, 6) is 1.65. The van der Waals surface area contributed by atoms with Crippen LogP contribution in [0.1, 0.15) is 34.9 Å². The highest BCUT2D eigenvalue weighted by atomic mass is 16.3. The van der Waals surface area contributed by atoms with Gasteiger partial charge in [0.05, 0.1) is 5.69 Å². The molecule has 1 saturated heterocycles. The second-order valence-electron chi connectivity index (χ2n) is 5.82. The highest BCUT2D eigenvalue weighted by molar-refractivity contribution is 5.92. The molecule has 1 aliphatic heterocycles. The number of oxazole rings is 1. The first-order valence-electron chi connectivity index (χ1n) is 7.86. The van der Waals surface area contributed by atoms with Crippen molar-refractivity contribution in [1.29, 1.82) is 0 Å². The van der Waals surface area contributed by atoms with E-state index in [1.165, 1.54) is 6.26 Å². The van der Waals surface area contributed by atoms with E-state index < -0.39 is 0 Å². The highest BCUT2D eigenvalue weighted by Crippen LogP contribution is 2.23. The summed E-state index contributed by atoms with van der Waals surface area (Å²) < 4.78 is 5.14. The molecule has 3 rings (SSSR count). The van der Waals surface area contributed by atoms with Crippen molar-refractivity contribution in [3.63, 3.8) is 0 Å². The maximum atomic E-state index is 12.5. The number of hydrogen-bond acceptors (Lipinski definition) is 6. The first kappa shape index (κ1) is 15.5. The van der Waals surface area contributed by atoms with E-state index in [0.717, 1.165) is 37.3 Å². The molecule has 2 aromatic rings. The van der Waals surface area contributed by atoms with Gasteiger partial charge in [-0.05, 0) is 25.2 Å². The van der Waals surface area contributed by atoms with Gasteiger partial charge in [0.15, 0.2) is 11.6 Å². The second-order valence-corrected chi connectivity index (χ2v) is 5.82. The van der Waals surface area contributed by atoms with Gasteiger partial charge in [-0.1, -0.05) is 0 Å². The van der Waals surface area contributed by atoms with Crippen LogP contribution in [0.5, 0.6) is 0 Å². The van der Waals surface area contributed by atoms with Crippen LogP contribution >= 0.6 is 0 Å². The third-order valence-corrected chi connectivity index (χ3v) is 4.14. The Morgan fingerprint density at radius 2 is 2.26 bits per heavy atom. The Morgan fingerprint density at radius 3 is 3.00 bits per heavy atom. The lowest BCUT2D eigenvalue weighted by atomic mass is 9.93. The number of rotatable bonds is 4. The van der Waals surface area contributed by atoms with Gasteiger partial charge in [0.2, 0.25) is 0 Å². The highest BCUT2D eigenvalue weighted by Gasteiger charge is 2.27. The number of nitrogens with zero attached hydrogens (tertiary/aromatic N) is 4. The summed E-state index contributed by atoms with van der Waals surface area (Å²) in [6.07, 6.45) is 7.71. The molecule has 0 saturated carbocycles. The lowest BCUT2D eigenvalue weighted by molar-refractivity contribution is 0.0667. The maximum Gasteiger partial charge on any atom is 0.275 e. The molecule has 1 amide bonds. The zero-order valence-corrected chi connectivity index (χ0v) is 13.5. The minimum absolute atomic E-state index is 0.0560. The van der Waals surface area contributed by atoms with Gasteiger partial charge in [0.1, 0.15) is 12.1 Å². The topological polar surface area (TPSA) is 84.2 Å². The van der Waals surface area contributed by atoms with Gasteiger partial charge in [-0.3, -0.25) is 9.78 Å². The van der Waals surface area contributed by atoms with E-state index in [9.17, 15) is 4.79 Å². The number of aromatic nitrogens is 3. The summed E-state index contributed by atoms with van der Waals surface area (Å²) in [6, 6.07) is 0. The zero-order valence-electron chi connectivity index (χ0n) is 13.5. The summed E-state index contributed by atoms with van der Waals surface area (Å²) in [5.41, 5.74) is 1.34. The molecule has 3 heterocycles. The normalized spacial score (nSPS) is 18.0. The molecule has 1 unspecified atom stereocenters. The minimum Gasteiger partial charge on any atom is -0.448 e. The first-order valence-corrected chi connectivity index (χ1v) is 7.86. The van der Waals surface area contributed by atoms with Gasteiger partial charge in [-0.15, -0.1) is 0 Å². The van der Waals surface area contributed by atoms with Crippen molar-refractivity contribution in [3.05, 3.63) is 35.9 Å². The van der Waals surface area contributed by atoms with Crippen LogP contribution in [0, 0.1) is 12.8 Å². The Hall–Kier alpha value is -2.44. The van der Waals surface area contributed by atoms with Crippen molar-refractivity contribution in [2.45, 2.75) is 26.2 Å². The number of carbonyl (C=O) groups is 1. The number of piperidine rings is 1. The quantitative estimate of drug-likeness (QED) is 0.928. The number of amides is 1. The molecule has 1 fully saturated rings. The van der Waals surface area contributed by atoms with Crippen LogP contribution in [-0.2, 0) is 6.42 Å². The van der Waals surface area contributed by atoms with Crippen LogP contribution in [0.3, 0.4) is 0 Å². The van der Waals surface area contributed by atoms with Crippen LogP contribution in [-0.4, -0.2) is 45.9 Å². The molecule has 1 aliphatic rings. The van der Waals surface area contributed by atoms with Crippen molar-refractivity contribution in [2.24, 2.45) is 5.92 Å². The molecule has 0 aromatic carbocycles. The predicted molar refractivity (Wildman–Crippen MR) is 85.2 cm³/mol. The standard InChI is InChI=1S/C16H21N5O2/c1-11-20-14(10-23-11)16(22)21-7-3-4-12(9-21)8-13-15(17-2)19-6-5-18-13/h5-6,10,12H,3-4,7-9H2,1-2H3,(H,17,19). The smallest absolute Gasteiger partial charge is 0.275 e. The van der Waals surface area contributed by atoms with Gasteiger partial charge in [-0.2, -0.15) is 0 Å². The Kier molecular flexibility index (Phi) is 4.55.